The minimum Gasteiger partial charge on any atom is -0.459 e. The molecule has 0 bridgehead atoms. The number of H-pyrrole nitrogens is 1. The molecule has 3 N–H and O–H groups in total. The van der Waals surface area contributed by atoms with E-state index in [1.165, 1.54) is 12.3 Å². The molecule has 0 unspecified atom stereocenters. The molecular weight excluding hydrogens is 396 g/mol. The van der Waals surface area contributed by atoms with Crippen molar-refractivity contribution in [3.8, 4) is 11.3 Å². The number of aromatic amines is 1. The number of benzene rings is 2. The number of rotatable bonds is 5. The van der Waals surface area contributed by atoms with Crippen molar-refractivity contribution < 1.29 is 14.0 Å². The van der Waals surface area contributed by atoms with Crippen LogP contribution in [-0.2, 0) is 0 Å². The zero-order valence-electron chi connectivity index (χ0n) is 16.5. The summed E-state index contributed by atoms with van der Waals surface area (Å²) in [6.45, 7) is 1.83. The van der Waals surface area contributed by atoms with Crippen molar-refractivity contribution in [1.29, 1.82) is 0 Å². The molecule has 4 rings (SSSR count). The van der Waals surface area contributed by atoms with Gasteiger partial charge in [0, 0.05) is 28.6 Å². The maximum Gasteiger partial charge on any atom is 0.291 e. The molecule has 0 radical (unpaired) electrons. The summed E-state index contributed by atoms with van der Waals surface area (Å²) in [7, 11) is 0. The number of hydrogen-bond acceptors (Lipinski definition) is 5. The second-order valence-corrected chi connectivity index (χ2v) is 6.80. The first-order chi connectivity index (χ1) is 15.0. The molecule has 0 spiro atoms. The standard InChI is InChI=1S/C23H18N4O4/c1-14-7-8-16(13-19(14)25-23(30)20-6-3-11-31-20)22(29)24-17-5-2-4-15(12-17)18-9-10-21(28)27-26-18/h2-13H,1H3,(H,24,29)(H,25,30)(H,27,28). The van der Waals surface area contributed by atoms with E-state index in [2.05, 4.69) is 20.8 Å². The van der Waals surface area contributed by atoms with Gasteiger partial charge in [-0.25, -0.2) is 5.10 Å². The number of carbonyl (C=O) groups excluding carboxylic acids is 2. The number of amides is 2. The molecule has 2 amide bonds. The zero-order chi connectivity index (χ0) is 21.8. The van der Waals surface area contributed by atoms with Crippen molar-refractivity contribution in [2.45, 2.75) is 6.92 Å². The van der Waals surface area contributed by atoms with Gasteiger partial charge in [-0.1, -0.05) is 18.2 Å². The maximum atomic E-state index is 12.8. The van der Waals surface area contributed by atoms with E-state index in [1.54, 1.807) is 54.6 Å². The molecule has 0 saturated heterocycles. The van der Waals surface area contributed by atoms with Crippen LogP contribution >= 0.6 is 0 Å². The lowest BCUT2D eigenvalue weighted by molar-refractivity contribution is 0.0993. The van der Waals surface area contributed by atoms with Gasteiger partial charge in [0.1, 0.15) is 0 Å². The summed E-state index contributed by atoms with van der Waals surface area (Å²) in [4.78, 5) is 36.2. The van der Waals surface area contributed by atoms with Crippen molar-refractivity contribution in [1.82, 2.24) is 10.2 Å². The van der Waals surface area contributed by atoms with Gasteiger partial charge in [0.05, 0.1) is 12.0 Å². The molecule has 0 aliphatic carbocycles. The minimum atomic E-state index is -0.397. The molecular formula is C23H18N4O4. The largest absolute Gasteiger partial charge is 0.459 e. The first kappa shape index (κ1) is 19.8. The lowest BCUT2D eigenvalue weighted by Crippen LogP contribution is -2.15. The molecule has 0 aliphatic heterocycles. The van der Waals surface area contributed by atoms with E-state index < -0.39 is 5.91 Å². The molecule has 0 fully saturated rings. The van der Waals surface area contributed by atoms with Crippen LogP contribution in [0.3, 0.4) is 0 Å². The molecule has 2 aromatic heterocycles. The van der Waals surface area contributed by atoms with Crippen LogP contribution in [0, 0.1) is 6.92 Å². The number of furan rings is 1. The maximum absolute atomic E-state index is 12.8. The Bertz CT molecular complexity index is 1290. The van der Waals surface area contributed by atoms with Gasteiger partial charge in [0.2, 0.25) is 0 Å². The van der Waals surface area contributed by atoms with Gasteiger partial charge in [0.25, 0.3) is 17.4 Å². The Labute approximate surface area is 176 Å². The van der Waals surface area contributed by atoms with Crippen LogP contribution in [0.4, 0.5) is 11.4 Å². The molecule has 31 heavy (non-hydrogen) atoms. The fourth-order valence-electron chi connectivity index (χ4n) is 2.95. The fraction of sp³-hybridized carbons (Fsp3) is 0.0435. The van der Waals surface area contributed by atoms with Gasteiger partial charge in [-0.3, -0.25) is 14.4 Å². The Kier molecular flexibility index (Phi) is 5.44. The highest BCUT2D eigenvalue weighted by Gasteiger charge is 2.13. The lowest BCUT2D eigenvalue weighted by atomic mass is 10.1. The summed E-state index contributed by atoms with van der Waals surface area (Å²) >= 11 is 0. The number of aromatic nitrogens is 2. The molecule has 8 heteroatoms. The molecule has 0 atom stereocenters. The van der Waals surface area contributed by atoms with Gasteiger partial charge in [-0.15, -0.1) is 0 Å². The predicted molar refractivity (Wildman–Crippen MR) is 116 cm³/mol. The van der Waals surface area contributed by atoms with Crippen LogP contribution in [0.2, 0.25) is 0 Å². The number of hydrogen-bond donors (Lipinski definition) is 3. The molecule has 0 aliphatic rings. The Hall–Kier alpha value is -4.46. The Morgan fingerprint density at radius 1 is 0.935 bits per heavy atom. The summed E-state index contributed by atoms with van der Waals surface area (Å²) in [5, 5.41) is 12.0. The molecule has 4 aromatic rings. The van der Waals surface area contributed by atoms with Crippen molar-refractivity contribution in [3.63, 3.8) is 0 Å². The molecule has 2 aromatic carbocycles. The smallest absolute Gasteiger partial charge is 0.291 e. The number of carbonyl (C=O) groups is 2. The monoisotopic (exact) mass is 414 g/mol. The Morgan fingerprint density at radius 2 is 1.81 bits per heavy atom. The summed E-state index contributed by atoms with van der Waals surface area (Å²) in [5.74, 6) is -0.547. The second kappa shape index (κ2) is 8.50. The number of aryl methyl sites for hydroxylation is 1. The third kappa shape index (κ3) is 4.59. The average molecular weight is 414 g/mol. The van der Waals surface area contributed by atoms with Crippen LogP contribution in [-0.4, -0.2) is 22.0 Å². The average Bonchev–Trinajstić information content (AvgIpc) is 3.31. The highest BCUT2D eigenvalue weighted by molar-refractivity contribution is 6.07. The third-order valence-corrected chi connectivity index (χ3v) is 4.59. The van der Waals surface area contributed by atoms with Gasteiger partial charge in [0.15, 0.2) is 5.76 Å². The van der Waals surface area contributed by atoms with E-state index in [9.17, 15) is 14.4 Å². The van der Waals surface area contributed by atoms with E-state index in [0.717, 1.165) is 11.1 Å². The summed E-state index contributed by atoms with van der Waals surface area (Å²) in [6.07, 6.45) is 1.42. The van der Waals surface area contributed by atoms with E-state index in [-0.39, 0.29) is 17.2 Å². The van der Waals surface area contributed by atoms with E-state index in [1.807, 2.05) is 13.0 Å². The third-order valence-electron chi connectivity index (χ3n) is 4.59. The highest BCUT2D eigenvalue weighted by Crippen LogP contribution is 2.22. The fourth-order valence-corrected chi connectivity index (χ4v) is 2.95. The lowest BCUT2D eigenvalue weighted by Gasteiger charge is -2.11. The topological polar surface area (TPSA) is 117 Å². The van der Waals surface area contributed by atoms with Gasteiger partial charge in [-0.2, -0.15) is 5.10 Å². The SMILES string of the molecule is Cc1ccc(C(=O)Nc2cccc(-c3ccc(=O)[nH]n3)c2)cc1NC(=O)c1ccco1. The number of nitrogens with zero attached hydrogens (tertiary/aromatic N) is 1. The zero-order valence-corrected chi connectivity index (χ0v) is 16.5. The van der Waals surface area contributed by atoms with Crippen LogP contribution < -0.4 is 16.2 Å². The van der Waals surface area contributed by atoms with Crippen molar-refractivity contribution >= 4 is 23.2 Å². The Balaban J connectivity index is 1.52. The van der Waals surface area contributed by atoms with Crippen molar-refractivity contribution in [2.75, 3.05) is 10.6 Å². The molecule has 8 nitrogen and oxygen atoms in total. The summed E-state index contributed by atoms with van der Waals surface area (Å²) < 4.78 is 5.10. The summed E-state index contributed by atoms with van der Waals surface area (Å²) in [6, 6.07) is 18.3. The molecule has 0 saturated carbocycles. The molecule has 154 valence electrons. The van der Waals surface area contributed by atoms with Crippen LogP contribution in [0.1, 0.15) is 26.5 Å². The predicted octanol–water partition coefficient (Wildman–Crippen LogP) is 3.84. The van der Waals surface area contributed by atoms with Crippen LogP contribution in [0.15, 0.2) is 82.2 Å². The second-order valence-electron chi connectivity index (χ2n) is 6.80. The first-order valence-electron chi connectivity index (χ1n) is 9.42. The van der Waals surface area contributed by atoms with Crippen molar-refractivity contribution in [3.05, 3.63) is 100 Å². The summed E-state index contributed by atoms with van der Waals surface area (Å²) in [5.41, 5.74) is 3.30. The van der Waals surface area contributed by atoms with Crippen LogP contribution in [0.5, 0.6) is 0 Å². The minimum absolute atomic E-state index is 0.182. The van der Waals surface area contributed by atoms with Gasteiger partial charge < -0.3 is 15.1 Å². The Morgan fingerprint density at radius 3 is 2.55 bits per heavy atom. The molecule has 2 heterocycles. The van der Waals surface area contributed by atoms with E-state index >= 15 is 0 Å². The van der Waals surface area contributed by atoms with Crippen molar-refractivity contribution in [2.24, 2.45) is 0 Å². The quantitative estimate of drug-likeness (QED) is 0.459. The number of anilines is 2. The van der Waals surface area contributed by atoms with E-state index in [0.29, 0.717) is 22.6 Å². The van der Waals surface area contributed by atoms with Gasteiger partial charge >= 0.3 is 0 Å². The normalized spacial score (nSPS) is 10.5. The van der Waals surface area contributed by atoms with Crippen LogP contribution in [0.25, 0.3) is 11.3 Å². The van der Waals surface area contributed by atoms with Gasteiger partial charge in [-0.05, 0) is 55.0 Å². The first-order valence-corrected chi connectivity index (χ1v) is 9.42. The highest BCUT2D eigenvalue weighted by atomic mass is 16.3. The van der Waals surface area contributed by atoms with E-state index in [4.69, 9.17) is 4.42 Å². The number of nitrogens with one attached hydrogen (secondary N) is 3.